The van der Waals surface area contributed by atoms with Gasteiger partial charge in [0.25, 0.3) is 0 Å². The summed E-state index contributed by atoms with van der Waals surface area (Å²) >= 11 is 0. The van der Waals surface area contributed by atoms with Crippen molar-refractivity contribution < 1.29 is 9.53 Å². The third-order valence-corrected chi connectivity index (χ3v) is 3.39. The largest absolute Gasteiger partial charge is 0.497 e. The van der Waals surface area contributed by atoms with Crippen LogP contribution in [0.1, 0.15) is 42.6 Å². The van der Waals surface area contributed by atoms with Gasteiger partial charge < -0.3 is 10.5 Å². The number of rotatable bonds is 5. The van der Waals surface area contributed by atoms with Crippen LogP contribution in [-0.4, -0.2) is 18.4 Å². The van der Waals surface area contributed by atoms with Gasteiger partial charge in [-0.2, -0.15) is 0 Å². The normalized spacial score (nSPS) is 11.4. The van der Waals surface area contributed by atoms with Crippen LogP contribution in [0.25, 0.3) is 0 Å². The molecule has 2 N–H and O–H groups in total. The first kappa shape index (κ1) is 13.7. The van der Waals surface area contributed by atoms with Crippen LogP contribution < -0.4 is 10.5 Å². The molecule has 0 aliphatic rings. The van der Waals surface area contributed by atoms with Crippen molar-refractivity contribution in [1.82, 2.24) is 0 Å². The molecule has 0 saturated carbocycles. The summed E-state index contributed by atoms with van der Waals surface area (Å²) in [5, 5.41) is 0. The Morgan fingerprint density at radius 1 is 1.35 bits per heavy atom. The summed E-state index contributed by atoms with van der Waals surface area (Å²) in [6.45, 7) is 5.79. The van der Waals surface area contributed by atoms with E-state index >= 15 is 0 Å². The zero-order valence-corrected chi connectivity index (χ0v) is 11.0. The van der Waals surface area contributed by atoms with Gasteiger partial charge in [0.2, 0.25) is 0 Å². The highest BCUT2D eigenvalue weighted by molar-refractivity contribution is 6.04. The number of Topliss-reactive ketones (excluding diaryl/α,β-unsaturated/α-hetero) is 1. The second-order valence-corrected chi connectivity index (χ2v) is 4.37. The van der Waals surface area contributed by atoms with Gasteiger partial charge in [0.1, 0.15) is 5.75 Å². The third kappa shape index (κ3) is 2.67. The molecule has 0 radical (unpaired) electrons. The molecule has 3 heteroatoms. The quantitative estimate of drug-likeness (QED) is 0.798. The van der Waals surface area contributed by atoms with Crippen LogP contribution in [0.3, 0.4) is 0 Å². The van der Waals surface area contributed by atoms with E-state index in [9.17, 15) is 4.79 Å². The fraction of sp³-hybridized carbons (Fsp3) is 0.500. The summed E-state index contributed by atoms with van der Waals surface area (Å²) in [4.78, 5) is 12.4. The molecule has 0 aromatic heterocycles. The first-order valence-corrected chi connectivity index (χ1v) is 5.96. The highest BCUT2D eigenvalue weighted by Crippen LogP contribution is 2.23. The Bertz CT molecular complexity index is 409. The maximum atomic E-state index is 12.4. The second kappa shape index (κ2) is 5.32. The van der Waals surface area contributed by atoms with Gasteiger partial charge in [-0.25, -0.2) is 0 Å². The summed E-state index contributed by atoms with van der Waals surface area (Å²) < 4.78 is 5.13. The Morgan fingerprint density at radius 2 is 1.94 bits per heavy atom. The molecular formula is C14H21NO2. The van der Waals surface area contributed by atoms with Crippen molar-refractivity contribution in [3.8, 4) is 5.75 Å². The van der Waals surface area contributed by atoms with Crippen LogP contribution in [-0.2, 0) is 0 Å². The SMILES string of the molecule is CCC(N)(CC)C(=O)c1ccc(OC)cc1C. The van der Waals surface area contributed by atoms with Gasteiger partial charge in [-0.1, -0.05) is 13.8 Å². The molecule has 0 fully saturated rings. The Kier molecular flexibility index (Phi) is 4.29. The van der Waals surface area contributed by atoms with E-state index in [-0.39, 0.29) is 5.78 Å². The third-order valence-electron chi connectivity index (χ3n) is 3.39. The van der Waals surface area contributed by atoms with Gasteiger partial charge in [0.05, 0.1) is 12.6 Å². The fourth-order valence-electron chi connectivity index (χ4n) is 1.86. The van der Waals surface area contributed by atoms with Crippen molar-refractivity contribution in [2.45, 2.75) is 39.2 Å². The molecule has 1 rings (SSSR count). The maximum Gasteiger partial charge on any atom is 0.182 e. The summed E-state index contributed by atoms with van der Waals surface area (Å²) in [6.07, 6.45) is 1.29. The van der Waals surface area contributed by atoms with E-state index in [0.29, 0.717) is 18.4 Å². The highest BCUT2D eigenvalue weighted by Gasteiger charge is 2.31. The van der Waals surface area contributed by atoms with Crippen LogP contribution in [0.4, 0.5) is 0 Å². The van der Waals surface area contributed by atoms with Crippen molar-refractivity contribution in [2.24, 2.45) is 5.73 Å². The predicted molar refractivity (Wildman–Crippen MR) is 69.6 cm³/mol. The number of aryl methyl sites for hydroxylation is 1. The lowest BCUT2D eigenvalue weighted by Gasteiger charge is -2.25. The summed E-state index contributed by atoms with van der Waals surface area (Å²) in [5.41, 5.74) is 6.98. The van der Waals surface area contributed by atoms with Gasteiger partial charge >= 0.3 is 0 Å². The van der Waals surface area contributed by atoms with Crippen molar-refractivity contribution in [3.63, 3.8) is 0 Å². The standard InChI is InChI=1S/C14H21NO2/c1-5-14(15,6-2)13(16)12-8-7-11(17-4)9-10(12)3/h7-9H,5-6,15H2,1-4H3. The average molecular weight is 235 g/mol. The molecule has 0 spiro atoms. The van der Waals surface area contributed by atoms with E-state index in [1.165, 1.54) is 0 Å². The minimum Gasteiger partial charge on any atom is -0.497 e. The topological polar surface area (TPSA) is 52.3 Å². The molecule has 0 atom stereocenters. The first-order valence-electron chi connectivity index (χ1n) is 5.96. The van der Waals surface area contributed by atoms with Gasteiger partial charge in [0.15, 0.2) is 5.78 Å². The number of hydrogen-bond donors (Lipinski definition) is 1. The number of ether oxygens (including phenoxy) is 1. The molecule has 0 amide bonds. The van der Waals surface area contributed by atoms with Crippen molar-refractivity contribution in [2.75, 3.05) is 7.11 Å². The van der Waals surface area contributed by atoms with E-state index in [1.54, 1.807) is 19.2 Å². The molecule has 3 nitrogen and oxygen atoms in total. The van der Waals surface area contributed by atoms with Gasteiger partial charge in [-0.05, 0) is 43.5 Å². The molecule has 0 bridgehead atoms. The smallest absolute Gasteiger partial charge is 0.182 e. The monoisotopic (exact) mass is 235 g/mol. The predicted octanol–water partition coefficient (Wildman–Crippen LogP) is 2.70. The maximum absolute atomic E-state index is 12.4. The first-order chi connectivity index (χ1) is 7.98. The molecule has 0 aliphatic carbocycles. The minimum absolute atomic E-state index is 0.0163. The Labute approximate surface area is 103 Å². The lowest BCUT2D eigenvalue weighted by Crippen LogP contribution is -2.47. The number of ketones is 1. The molecule has 0 unspecified atom stereocenters. The van der Waals surface area contributed by atoms with Crippen LogP contribution in [0.2, 0.25) is 0 Å². The fourth-order valence-corrected chi connectivity index (χ4v) is 1.86. The summed E-state index contributed by atoms with van der Waals surface area (Å²) in [5.74, 6) is 0.775. The summed E-state index contributed by atoms with van der Waals surface area (Å²) in [7, 11) is 1.61. The van der Waals surface area contributed by atoms with Crippen molar-refractivity contribution in [3.05, 3.63) is 29.3 Å². The van der Waals surface area contributed by atoms with Crippen molar-refractivity contribution >= 4 is 5.78 Å². The van der Waals surface area contributed by atoms with Crippen LogP contribution in [0.15, 0.2) is 18.2 Å². The van der Waals surface area contributed by atoms with Crippen LogP contribution in [0, 0.1) is 6.92 Å². The van der Waals surface area contributed by atoms with E-state index in [0.717, 1.165) is 11.3 Å². The minimum atomic E-state index is -0.751. The van der Waals surface area contributed by atoms with E-state index in [1.807, 2.05) is 26.8 Å². The molecule has 17 heavy (non-hydrogen) atoms. The van der Waals surface area contributed by atoms with Crippen molar-refractivity contribution in [1.29, 1.82) is 0 Å². The second-order valence-electron chi connectivity index (χ2n) is 4.37. The number of carbonyl (C=O) groups is 1. The zero-order valence-electron chi connectivity index (χ0n) is 11.0. The number of benzene rings is 1. The highest BCUT2D eigenvalue weighted by atomic mass is 16.5. The Morgan fingerprint density at radius 3 is 2.35 bits per heavy atom. The van der Waals surface area contributed by atoms with Crippen LogP contribution >= 0.6 is 0 Å². The molecule has 0 heterocycles. The molecule has 0 aliphatic heterocycles. The average Bonchev–Trinajstić information content (AvgIpc) is 2.36. The van der Waals surface area contributed by atoms with Crippen LogP contribution in [0.5, 0.6) is 5.75 Å². The number of methoxy groups -OCH3 is 1. The molecule has 1 aromatic carbocycles. The Balaban J connectivity index is 3.13. The van der Waals surface area contributed by atoms with Gasteiger partial charge in [-0.3, -0.25) is 4.79 Å². The van der Waals surface area contributed by atoms with E-state index in [2.05, 4.69) is 0 Å². The lowest BCUT2D eigenvalue weighted by molar-refractivity contribution is 0.0879. The van der Waals surface area contributed by atoms with E-state index < -0.39 is 5.54 Å². The Hall–Kier alpha value is -1.35. The zero-order chi connectivity index (χ0) is 13.1. The molecule has 1 aromatic rings. The van der Waals surface area contributed by atoms with Gasteiger partial charge in [0, 0.05) is 5.56 Å². The summed E-state index contributed by atoms with van der Waals surface area (Å²) in [6, 6.07) is 5.45. The number of nitrogens with two attached hydrogens (primary N) is 1. The van der Waals surface area contributed by atoms with Gasteiger partial charge in [-0.15, -0.1) is 0 Å². The molecule has 0 saturated heterocycles. The lowest BCUT2D eigenvalue weighted by atomic mass is 9.84. The number of hydrogen-bond acceptors (Lipinski definition) is 3. The number of carbonyl (C=O) groups excluding carboxylic acids is 1. The molecule has 94 valence electrons. The molecular weight excluding hydrogens is 214 g/mol. The van der Waals surface area contributed by atoms with E-state index in [4.69, 9.17) is 10.5 Å².